The number of benzene rings is 1. The van der Waals surface area contributed by atoms with Crippen LogP contribution in [0, 0.1) is 0 Å². The van der Waals surface area contributed by atoms with E-state index in [9.17, 15) is 8.42 Å². The number of aromatic hydroxyl groups is 2. The predicted octanol–water partition coefficient (Wildman–Crippen LogP) is 1.03. The number of phenolic OH excluding ortho intramolecular Hbond substituents is 2. The highest BCUT2D eigenvalue weighted by atomic mass is 35.7. The van der Waals surface area contributed by atoms with Crippen LogP contribution < -0.4 is 0 Å². The molecule has 0 aromatic heterocycles. The van der Waals surface area contributed by atoms with Gasteiger partial charge in [0.05, 0.1) is 0 Å². The molecule has 1 aromatic rings. The maximum absolute atomic E-state index is 10.7. The second kappa shape index (κ2) is 2.84. The van der Waals surface area contributed by atoms with Crippen molar-refractivity contribution in [1.29, 1.82) is 0 Å². The molecule has 0 heterocycles. The summed E-state index contributed by atoms with van der Waals surface area (Å²) in [5, 5.41) is 18.0. The summed E-state index contributed by atoms with van der Waals surface area (Å²) in [6.07, 6.45) is 0. The maximum atomic E-state index is 10.7. The molecule has 0 aliphatic rings. The summed E-state index contributed by atoms with van der Waals surface area (Å²) in [4.78, 5) is -0.660. The van der Waals surface area contributed by atoms with Gasteiger partial charge in [-0.25, -0.2) is 8.42 Å². The zero-order chi connectivity index (χ0) is 9.35. The van der Waals surface area contributed by atoms with Gasteiger partial charge in [-0.3, -0.25) is 0 Å². The van der Waals surface area contributed by atoms with Gasteiger partial charge in [0.2, 0.25) is 0 Å². The fraction of sp³-hybridized carbons (Fsp3) is 0. The van der Waals surface area contributed by atoms with Crippen LogP contribution in [0.25, 0.3) is 0 Å². The van der Waals surface area contributed by atoms with Gasteiger partial charge >= 0.3 is 0 Å². The number of rotatable bonds is 1. The summed E-state index contributed by atoms with van der Waals surface area (Å²) < 4.78 is 21.4. The molecule has 0 amide bonds. The van der Waals surface area contributed by atoms with Gasteiger partial charge in [-0.05, 0) is 12.1 Å². The second-order valence-electron chi connectivity index (χ2n) is 2.06. The van der Waals surface area contributed by atoms with Crippen LogP contribution in [0.15, 0.2) is 23.1 Å². The van der Waals surface area contributed by atoms with Crippen molar-refractivity contribution in [1.82, 2.24) is 0 Å². The van der Waals surface area contributed by atoms with E-state index in [1.807, 2.05) is 0 Å². The Balaban J connectivity index is 3.53. The molecule has 66 valence electrons. The zero-order valence-corrected chi connectivity index (χ0v) is 7.30. The number of hydrogen-bond donors (Lipinski definition) is 2. The predicted molar refractivity (Wildman–Crippen MR) is 42.8 cm³/mol. The number of phenols is 2. The fourth-order valence-corrected chi connectivity index (χ4v) is 1.87. The van der Waals surface area contributed by atoms with E-state index in [0.717, 1.165) is 12.1 Å². The summed E-state index contributed by atoms with van der Waals surface area (Å²) in [6, 6.07) is 3.54. The van der Waals surface area contributed by atoms with Crippen LogP contribution in [0.2, 0.25) is 0 Å². The molecule has 1 rings (SSSR count). The summed E-state index contributed by atoms with van der Waals surface area (Å²) in [6.45, 7) is 0. The van der Waals surface area contributed by atoms with Crippen molar-refractivity contribution in [3.8, 4) is 11.5 Å². The van der Waals surface area contributed by atoms with E-state index in [1.54, 1.807) is 0 Å². The van der Waals surface area contributed by atoms with Gasteiger partial charge in [-0.15, -0.1) is 0 Å². The Morgan fingerprint density at radius 3 is 1.83 bits per heavy atom. The van der Waals surface area contributed by atoms with E-state index >= 15 is 0 Å². The molecule has 0 atom stereocenters. The maximum Gasteiger partial charge on any atom is 0.268 e. The minimum absolute atomic E-state index is 0.565. The van der Waals surface area contributed by atoms with Gasteiger partial charge in [0.15, 0.2) is 4.90 Å². The normalized spacial score (nSPS) is 11.4. The van der Waals surface area contributed by atoms with Gasteiger partial charge in [0, 0.05) is 10.7 Å². The molecule has 1 aromatic carbocycles. The molecular weight excluding hydrogens is 204 g/mol. The van der Waals surface area contributed by atoms with E-state index in [2.05, 4.69) is 0 Å². The van der Waals surface area contributed by atoms with Crippen molar-refractivity contribution >= 4 is 19.7 Å². The molecule has 0 unspecified atom stereocenters. The molecule has 0 aliphatic heterocycles. The van der Waals surface area contributed by atoms with Crippen LogP contribution in [-0.4, -0.2) is 18.6 Å². The van der Waals surface area contributed by atoms with Gasteiger partial charge < -0.3 is 10.2 Å². The fourth-order valence-electron chi connectivity index (χ4n) is 0.763. The largest absolute Gasteiger partial charge is 0.506 e. The molecule has 0 fully saturated rings. The lowest BCUT2D eigenvalue weighted by molar-refractivity contribution is 0.424. The van der Waals surface area contributed by atoms with Crippen molar-refractivity contribution in [2.45, 2.75) is 4.90 Å². The highest BCUT2D eigenvalue weighted by Crippen LogP contribution is 2.33. The van der Waals surface area contributed by atoms with Gasteiger partial charge in [-0.2, -0.15) is 0 Å². The van der Waals surface area contributed by atoms with Gasteiger partial charge in [-0.1, -0.05) is 6.07 Å². The molecule has 4 nitrogen and oxygen atoms in total. The van der Waals surface area contributed by atoms with E-state index in [-0.39, 0.29) is 0 Å². The van der Waals surface area contributed by atoms with E-state index in [0.29, 0.717) is 0 Å². The summed E-state index contributed by atoms with van der Waals surface area (Å²) in [7, 11) is 0.829. The Morgan fingerprint density at radius 1 is 1.17 bits per heavy atom. The van der Waals surface area contributed by atoms with Gasteiger partial charge in [0.25, 0.3) is 9.05 Å². The Bertz CT molecular complexity index is 378. The smallest absolute Gasteiger partial charge is 0.268 e. The van der Waals surface area contributed by atoms with Crippen LogP contribution in [0.1, 0.15) is 0 Å². The Kier molecular flexibility index (Phi) is 2.16. The minimum atomic E-state index is -4.09. The lowest BCUT2D eigenvalue weighted by atomic mass is 10.3. The monoisotopic (exact) mass is 208 g/mol. The highest BCUT2D eigenvalue weighted by molar-refractivity contribution is 8.13. The molecule has 6 heteroatoms. The standard InChI is InChI=1S/C6H5ClO4S/c7-12(10,11)6-4(8)2-1-3-5(6)9/h1-3,8-9H. The lowest BCUT2D eigenvalue weighted by Gasteiger charge is -2.01. The molecule has 0 radical (unpaired) electrons. The van der Waals surface area contributed by atoms with E-state index in [1.165, 1.54) is 6.07 Å². The second-order valence-corrected chi connectivity index (χ2v) is 4.57. The van der Waals surface area contributed by atoms with Crippen LogP contribution in [-0.2, 0) is 9.05 Å². The Morgan fingerprint density at radius 2 is 1.58 bits per heavy atom. The Labute approximate surface area is 73.5 Å². The van der Waals surface area contributed by atoms with Crippen molar-refractivity contribution in [2.75, 3.05) is 0 Å². The number of hydrogen-bond acceptors (Lipinski definition) is 4. The Hall–Kier alpha value is -0.940. The zero-order valence-electron chi connectivity index (χ0n) is 5.73. The third-order valence-corrected chi connectivity index (χ3v) is 2.59. The average molecular weight is 209 g/mol. The third-order valence-electron chi connectivity index (χ3n) is 1.22. The molecule has 0 bridgehead atoms. The van der Waals surface area contributed by atoms with Crippen LogP contribution in [0.4, 0.5) is 0 Å². The third kappa shape index (κ3) is 1.62. The summed E-state index contributed by atoms with van der Waals surface area (Å²) in [5.74, 6) is -1.13. The van der Waals surface area contributed by atoms with Crippen molar-refractivity contribution < 1.29 is 18.6 Å². The van der Waals surface area contributed by atoms with Crippen LogP contribution >= 0.6 is 10.7 Å². The first-order valence-corrected chi connectivity index (χ1v) is 5.19. The average Bonchev–Trinajstić information content (AvgIpc) is 1.82. The molecule has 12 heavy (non-hydrogen) atoms. The van der Waals surface area contributed by atoms with E-state index in [4.69, 9.17) is 20.9 Å². The van der Waals surface area contributed by atoms with E-state index < -0.39 is 25.4 Å². The SMILES string of the molecule is O=S(=O)(Cl)c1c(O)cccc1O. The highest BCUT2D eigenvalue weighted by Gasteiger charge is 2.19. The first-order valence-electron chi connectivity index (χ1n) is 2.88. The van der Waals surface area contributed by atoms with Crippen LogP contribution in [0.5, 0.6) is 11.5 Å². The molecule has 0 saturated heterocycles. The molecule has 0 aliphatic carbocycles. The number of halogens is 1. The lowest BCUT2D eigenvalue weighted by Crippen LogP contribution is -1.91. The van der Waals surface area contributed by atoms with Crippen molar-refractivity contribution in [3.05, 3.63) is 18.2 Å². The first-order chi connectivity index (χ1) is 5.43. The van der Waals surface area contributed by atoms with Crippen molar-refractivity contribution in [2.24, 2.45) is 0 Å². The molecule has 2 N–H and O–H groups in total. The topological polar surface area (TPSA) is 74.6 Å². The minimum Gasteiger partial charge on any atom is -0.506 e. The molecular formula is C6H5ClO4S. The molecule has 0 saturated carbocycles. The first kappa shape index (κ1) is 9.15. The van der Waals surface area contributed by atoms with Gasteiger partial charge in [0.1, 0.15) is 11.5 Å². The quantitative estimate of drug-likeness (QED) is 0.676. The molecule has 0 spiro atoms. The van der Waals surface area contributed by atoms with Crippen LogP contribution in [0.3, 0.4) is 0 Å². The summed E-state index contributed by atoms with van der Waals surface area (Å²) in [5.41, 5.74) is 0. The summed E-state index contributed by atoms with van der Waals surface area (Å²) >= 11 is 0. The van der Waals surface area contributed by atoms with Crippen molar-refractivity contribution in [3.63, 3.8) is 0 Å².